The monoisotopic (exact) mass is 303 g/mol. The van der Waals surface area contributed by atoms with E-state index in [9.17, 15) is 4.79 Å². The molecule has 8 heteroatoms. The lowest BCUT2D eigenvalue weighted by Gasteiger charge is -2.29. The van der Waals surface area contributed by atoms with Crippen LogP contribution in [0.2, 0.25) is 0 Å². The Kier molecular flexibility index (Phi) is 6.90. The number of hydrogen-bond donors (Lipinski definition) is 1. The first-order valence-corrected chi connectivity index (χ1v) is 6.67. The second-order valence-electron chi connectivity index (χ2n) is 4.76. The largest absolute Gasteiger partial charge is 0.339 e. The van der Waals surface area contributed by atoms with Crippen LogP contribution >= 0.6 is 12.4 Å². The van der Waals surface area contributed by atoms with Crippen LogP contribution in [0.5, 0.6) is 0 Å². The van der Waals surface area contributed by atoms with Crippen molar-refractivity contribution in [1.29, 1.82) is 0 Å². The molecule has 0 unspecified atom stereocenters. The van der Waals surface area contributed by atoms with E-state index >= 15 is 0 Å². The van der Waals surface area contributed by atoms with Gasteiger partial charge in [-0.2, -0.15) is 4.98 Å². The van der Waals surface area contributed by atoms with Crippen LogP contribution in [0.3, 0.4) is 0 Å². The van der Waals surface area contributed by atoms with Crippen LogP contribution < -0.4 is 5.32 Å². The number of aryl methyl sites for hydroxylation is 1. The van der Waals surface area contributed by atoms with E-state index in [4.69, 9.17) is 4.52 Å². The first kappa shape index (κ1) is 16.9. The van der Waals surface area contributed by atoms with Crippen LogP contribution in [-0.4, -0.2) is 65.6 Å². The Hall–Kier alpha value is -1.18. The van der Waals surface area contributed by atoms with Crippen molar-refractivity contribution in [2.75, 3.05) is 39.8 Å². The summed E-state index contributed by atoms with van der Waals surface area (Å²) in [7, 11) is 1.89. The number of halogens is 1. The maximum Gasteiger partial charge on any atom is 0.236 e. The number of nitrogens with one attached hydrogen (secondary N) is 1. The zero-order valence-corrected chi connectivity index (χ0v) is 12.8. The van der Waals surface area contributed by atoms with E-state index in [-0.39, 0.29) is 18.3 Å². The molecule has 0 atom stereocenters. The zero-order chi connectivity index (χ0) is 13.7. The van der Waals surface area contributed by atoms with Crippen molar-refractivity contribution < 1.29 is 9.32 Å². The highest BCUT2D eigenvalue weighted by Crippen LogP contribution is 2.02. The Morgan fingerprint density at radius 2 is 2.15 bits per heavy atom. The molecule has 0 spiro atoms. The number of piperazine rings is 1. The molecule has 1 amide bonds. The molecule has 2 rings (SSSR count). The molecule has 1 aliphatic heterocycles. The number of rotatable bonds is 5. The molecule has 0 bridgehead atoms. The molecule has 114 valence electrons. The lowest BCUT2D eigenvalue weighted by Crippen LogP contribution is -2.49. The van der Waals surface area contributed by atoms with Crippen LogP contribution in [0.15, 0.2) is 4.52 Å². The third-order valence-corrected chi connectivity index (χ3v) is 3.10. The molecule has 20 heavy (non-hydrogen) atoms. The summed E-state index contributed by atoms with van der Waals surface area (Å²) in [4.78, 5) is 20.1. The van der Waals surface area contributed by atoms with Crippen molar-refractivity contribution in [2.45, 2.75) is 19.9 Å². The van der Waals surface area contributed by atoms with Gasteiger partial charge in [0, 0.05) is 32.6 Å². The van der Waals surface area contributed by atoms with Gasteiger partial charge in [0.15, 0.2) is 5.82 Å². The van der Waals surface area contributed by atoms with Gasteiger partial charge >= 0.3 is 0 Å². The summed E-state index contributed by atoms with van der Waals surface area (Å²) in [6.07, 6.45) is 0.733. The van der Waals surface area contributed by atoms with Crippen molar-refractivity contribution in [2.24, 2.45) is 0 Å². The highest BCUT2D eigenvalue weighted by Gasteiger charge is 2.18. The molecule has 1 saturated heterocycles. The van der Waals surface area contributed by atoms with Crippen LogP contribution in [0.25, 0.3) is 0 Å². The Morgan fingerprint density at radius 3 is 2.75 bits per heavy atom. The fraction of sp³-hybridized carbons (Fsp3) is 0.750. The highest BCUT2D eigenvalue weighted by atomic mass is 35.5. The average Bonchev–Trinajstić information content (AvgIpc) is 2.87. The smallest absolute Gasteiger partial charge is 0.236 e. The molecular formula is C12H22ClN5O2. The second kappa shape index (κ2) is 8.18. The summed E-state index contributed by atoms with van der Waals surface area (Å²) >= 11 is 0. The van der Waals surface area contributed by atoms with Crippen molar-refractivity contribution in [3.05, 3.63) is 11.7 Å². The van der Waals surface area contributed by atoms with E-state index in [1.54, 1.807) is 0 Å². The maximum atomic E-state index is 12.1. The molecule has 1 fully saturated rings. The van der Waals surface area contributed by atoms with Gasteiger partial charge in [0.2, 0.25) is 11.8 Å². The molecule has 1 aliphatic rings. The van der Waals surface area contributed by atoms with Crippen molar-refractivity contribution in [3.8, 4) is 0 Å². The fourth-order valence-corrected chi connectivity index (χ4v) is 2.04. The maximum absolute atomic E-state index is 12.1. The van der Waals surface area contributed by atoms with Gasteiger partial charge in [-0.25, -0.2) is 0 Å². The van der Waals surface area contributed by atoms with E-state index in [0.717, 1.165) is 32.6 Å². The van der Waals surface area contributed by atoms with Crippen LogP contribution in [0.4, 0.5) is 0 Å². The molecule has 0 aliphatic carbocycles. The Morgan fingerprint density at radius 1 is 1.45 bits per heavy atom. The molecule has 0 radical (unpaired) electrons. The Labute approximate surface area is 125 Å². The predicted molar refractivity (Wildman–Crippen MR) is 76.7 cm³/mol. The lowest BCUT2D eigenvalue weighted by molar-refractivity contribution is -0.132. The van der Waals surface area contributed by atoms with Gasteiger partial charge in [0.1, 0.15) is 0 Å². The normalized spacial score (nSPS) is 15.2. The van der Waals surface area contributed by atoms with Gasteiger partial charge in [-0.15, -0.1) is 12.4 Å². The van der Waals surface area contributed by atoms with E-state index < -0.39 is 0 Å². The molecule has 7 nitrogen and oxygen atoms in total. The molecule has 1 aromatic rings. The molecule has 2 heterocycles. The first-order valence-electron chi connectivity index (χ1n) is 6.67. The summed E-state index contributed by atoms with van der Waals surface area (Å²) < 4.78 is 5.04. The van der Waals surface area contributed by atoms with Crippen molar-refractivity contribution >= 4 is 18.3 Å². The van der Waals surface area contributed by atoms with Crippen LogP contribution in [0.1, 0.15) is 18.6 Å². The summed E-state index contributed by atoms with van der Waals surface area (Å²) in [6.45, 7) is 6.20. The summed E-state index contributed by atoms with van der Waals surface area (Å²) in [5.74, 6) is 1.42. The minimum absolute atomic E-state index is 0. The molecule has 1 aromatic heterocycles. The summed E-state index contributed by atoms with van der Waals surface area (Å²) in [6, 6.07) is 0. The Balaban J connectivity index is 0.00000200. The van der Waals surface area contributed by atoms with Gasteiger partial charge in [-0.3, -0.25) is 9.69 Å². The van der Waals surface area contributed by atoms with E-state index in [0.29, 0.717) is 24.8 Å². The van der Waals surface area contributed by atoms with Crippen molar-refractivity contribution in [1.82, 2.24) is 25.3 Å². The topological polar surface area (TPSA) is 74.5 Å². The molecular weight excluding hydrogens is 282 g/mol. The standard InChI is InChI=1S/C12H21N5O2.ClH/c1-3-11-14-10(15-19-11)8-16(2)9-12(18)17-6-4-13-5-7-17;/h13H,3-9H2,1-2H3;1H. The zero-order valence-electron chi connectivity index (χ0n) is 12.0. The number of aromatic nitrogens is 2. The SMILES string of the molecule is CCc1nc(CN(C)CC(=O)N2CCNCC2)no1.Cl. The van der Waals surface area contributed by atoms with E-state index in [2.05, 4.69) is 15.5 Å². The second-order valence-corrected chi connectivity index (χ2v) is 4.76. The van der Waals surface area contributed by atoms with Gasteiger partial charge in [-0.05, 0) is 7.05 Å². The number of likely N-dealkylation sites (N-methyl/N-ethyl adjacent to an activating group) is 1. The molecule has 0 saturated carbocycles. The van der Waals surface area contributed by atoms with Gasteiger partial charge < -0.3 is 14.7 Å². The number of carbonyl (C=O) groups is 1. The average molecular weight is 304 g/mol. The fourth-order valence-electron chi connectivity index (χ4n) is 2.04. The van der Waals surface area contributed by atoms with Crippen LogP contribution in [0, 0.1) is 0 Å². The van der Waals surface area contributed by atoms with E-state index in [1.807, 2.05) is 23.8 Å². The molecule has 0 aromatic carbocycles. The van der Waals surface area contributed by atoms with Gasteiger partial charge in [-0.1, -0.05) is 12.1 Å². The minimum Gasteiger partial charge on any atom is -0.339 e. The van der Waals surface area contributed by atoms with Gasteiger partial charge in [0.05, 0.1) is 13.1 Å². The quantitative estimate of drug-likeness (QED) is 0.820. The minimum atomic E-state index is 0. The third-order valence-electron chi connectivity index (χ3n) is 3.10. The lowest BCUT2D eigenvalue weighted by atomic mass is 10.3. The van der Waals surface area contributed by atoms with Crippen LogP contribution in [-0.2, 0) is 17.8 Å². The number of amides is 1. The summed E-state index contributed by atoms with van der Waals surface area (Å²) in [5.41, 5.74) is 0. The highest BCUT2D eigenvalue weighted by molar-refractivity contribution is 5.85. The Bertz CT molecular complexity index is 420. The third kappa shape index (κ3) is 4.73. The first-order chi connectivity index (χ1) is 9.19. The predicted octanol–water partition coefficient (Wildman–Crippen LogP) is -0.0826. The number of hydrogen-bond acceptors (Lipinski definition) is 6. The van der Waals surface area contributed by atoms with E-state index in [1.165, 1.54) is 0 Å². The number of nitrogens with zero attached hydrogens (tertiary/aromatic N) is 4. The number of carbonyl (C=O) groups excluding carboxylic acids is 1. The molecule has 1 N–H and O–H groups in total. The van der Waals surface area contributed by atoms with Crippen molar-refractivity contribution in [3.63, 3.8) is 0 Å². The summed E-state index contributed by atoms with van der Waals surface area (Å²) in [5, 5.41) is 7.12. The van der Waals surface area contributed by atoms with Gasteiger partial charge in [0.25, 0.3) is 0 Å².